The zero-order valence-corrected chi connectivity index (χ0v) is 7.63. The average Bonchev–Trinajstić information content (AvgIpc) is 2.31. The number of aromatic nitrogens is 3. The van der Waals surface area contributed by atoms with Crippen molar-refractivity contribution in [3.05, 3.63) is 12.2 Å². The second-order valence-electron chi connectivity index (χ2n) is 3.65. The summed E-state index contributed by atoms with van der Waals surface area (Å²) in [6, 6.07) is 0. The predicted molar refractivity (Wildman–Crippen MR) is 44.4 cm³/mol. The van der Waals surface area contributed by atoms with Crippen LogP contribution in [0, 0.1) is 0 Å². The zero-order valence-electron chi connectivity index (χ0n) is 7.63. The molecular weight excluding hydrogens is 138 g/mol. The van der Waals surface area contributed by atoms with Crippen molar-refractivity contribution in [2.45, 2.75) is 39.7 Å². The number of hydrogen-bond acceptors (Lipinski definition) is 2. The first kappa shape index (κ1) is 8.24. The van der Waals surface area contributed by atoms with Crippen molar-refractivity contribution in [2.24, 2.45) is 0 Å². The largest absolute Gasteiger partial charge is 0.250 e. The Morgan fingerprint density at radius 3 is 2.45 bits per heavy atom. The zero-order chi connectivity index (χ0) is 8.48. The molecule has 0 saturated carbocycles. The van der Waals surface area contributed by atoms with E-state index in [0.29, 0.717) is 0 Å². The van der Waals surface area contributed by atoms with Crippen LogP contribution in [0.2, 0.25) is 0 Å². The average molecular weight is 153 g/mol. The minimum absolute atomic E-state index is 0.104. The molecule has 0 aromatic carbocycles. The summed E-state index contributed by atoms with van der Waals surface area (Å²) < 4.78 is 1.93. The molecule has 0 atom stereocenters. The molecule has 0 spiro atoms. The molecule has 0 radical (unpaired) electrons. The second-order valence-corrected chi connectivity index (χ2v) is 3.65. The van der Waals surface area contributed by atoms with Gasteiger partial charge in [-0.25, -0.2) is 9.67 Å². The fourth-order valence-corrected chi connectivity index (χ4v) is 1.08. The summed E-state index contributed by atoms with van der Waals surface area (Å²) in [7, 11) is 0. The van der Waals surface area contributed by atoms with E-state index in [9.17, 15) is 0 Å². The summed E-state index contributed by atoms with van der Waals surface area (Å²) in [5.41, 5.74) is 0.104. The lowest BCUT2D eigenvalue weighted by Crippen LogP contribution is -2.19. The van der Waals surface area contributed by atoms with Crippen molar-refractivity contribution in [1.29, 1.82) is 0 Å². The first-order valence-electron chi connectivity index (χ1n) is 3.94. The third kappa shape index (κ3) is 1.59. The van der Waals surface area contributed by atoms with Gasteiger partial charge in [-0.2, -0.15) is 5.10 Å². The van der Waals surface area contributed by atoms with Crippen LogP contribution in [0.3, 0.4) is 0 Å². The van der Waals surface area contributed by atoms with Crippen molar-refractivity contribution in [3.63, 3.8) is 0 Å². The molecule has 0 amide bonds. The van der Waals surface area contributed by atoms with Crippen molar-refractivity contribution >= 4 is 0 Å². The molecule has 0 fully saturated rings. The Morgan fingerprint density at radius 1 is 1.45 bits per heavy atom. The number of hydrogen-bond donors (Lipinski definition) is 0. The minimum Gasteiger partial charge on any atom is -0.250 e. The topological polar surface area (TPSA) is 30.7 Å². The molecule has 0 aliphatic heterocycles. The molecule has 3 heteroatoms. The molecule has 0 bridgehead atoms. The molecule has 1 heterocycles. The molecule has 0 aliphatic rings. The van der Waals surface area contributed by atoms with Crippen molar-refractivity contribution in [2.75, 3.05) is 0 Å². The van der Waals surface area contributed by atoms with Gasteiger partial charge in [-0.1, -0.05) is 20.8 Å². The summed E-state index contributed by atoms with van der Waals surface area (Å²) >= 11 is 0. The number of aryl methyl sites for hydroxylation is 1. The van der Waals surface area contributed by atoms with Crippen molar-refractivity contribution in [1.82, 2.24) is 14.8 Å². The van der Waals surface area contributed by atoms with Gasteiger partial charge in [0.1, 0.15) is 12.2 Å². The SMILES string of the molecule is CCn1ncnc1C(C)(C)C. The predicted octanol–water partition coefficient (Wildman–Crippen LogP) is 1.60. The Hall–Kier alpha value is -0.860. The lowest BCUT2D eigenvalue weighted by Gasteiger charge is -2.17. The molecule has 62 valence electrons. The van der Waals surface area contributed by atoms with Crippen LogP contribution in [-0.2, 0) is 12.0 Å². The highest BCUT2D eigenvalue weighted by atomic mass is 15.3. The van der Waals surface area contributed by atoms with Crippen LogP contribution in [0.15, 0.2) is 6.33 Å². The quantitative estimate of drug-likeness (QED) is 0.613. The van der Waals surface area contributed by atoms with Crippen LogP contribution in [0.25, 0.3) is 0 Å². The van der Waals surface area contributed by atoms with E-state index in [0.717, 1.165) is 12.4 Å². The van der Waals surface area contributed by atoms with Gasteiger partial charge in [0.15, 0.2) is 0 Å². The molecule has 0 saturated heterocycles. The van der Waals surface area contributed by atoms with Crippen LogP contribution in [0.5, 0.6) is 0 Å². The summed E-state index contributed by atoms with van der Waals surface area (Å²) in [5, 5.41) is 4.11. The third-order valence-corrected chi connectivity index (χ3v) is 1.59. The third-order valence-electron chi connectivity index (χ3n) is 1.59. The second kappa shape index (κ2) is 2.64. The fraction of sp³-hybridized carbons (Fsp3) is 0.750. The summed E-state index contributed by atoms with van der Waals surface area (Å²) in [5.74, 6) is 1.06. The number of nitrogens with zero attached hydrogens (tertiary/aromatic N) is 3. The number of rotatable bonds is 1. The summed E-state index contributed by atoms with van der Waals surface area (Å²) in [6.45, 7) is 9.39. The molecule has 3 nitrogen and oxygen atoms in total. The maximum Gasteiger partial charge on any atom is 0.138 e. The molecule has 0 aliphatic carbocycles. The van der Waals surface area contributed by atoms with Gasteiger partial charge in [0.2, 0.25) is 0 Å². The molecule has 1 aromatic heterocycles. The van der Waals surface area contributed by atoms with E-state index < -0.39 is 0 Å². The Morgan fingerprint density at radius 2 is 2.09 bits per heavy atom. The normalized spacial score (nSPS) is 12.0. The minimum atomic E-state index is 0.104. The highest BCUT2D eigenvalue weighted by molar-refractivity contribution is 5.00. The lowest BCUT2D eigenvalue weighted by atomic mass is 9.96. The maximum atomic E-state index is 4.21. The Kier molecular flexibility index (Phi) is 1.98. The van der Waals surface area contributed by atoms with E-state index in [-0.39, 0.29) is 5.41 Å². The first-order chi connectivity index (χ1) is 5.05. The summed E-state index contributed by atoms with van der Waals surface area (Å²) in [6.07, 6.45) is 1.62. The van der Waals surface area contributed by atoms with Crippen LogP contribution in [0.1, 0.15) is 33.5 Å². The highest BCUT2D eigenvalue weighted by Crippen LogP contribution is 2.18. The van der Waals surface area contributed by atoms with Gasteiger partial charge in [-0.15, -0.1) is 0 Å². The molecule has 1 rings (SSSR count). The van der Waals surface area contributed by atoms with Gasteiger partial charge in [0, 0.05) is 12.0 Å². The van der Waals surface area contributed by atoms with E-state index >= 15 is 0 Å². The van der Waals surface area contributed by atoms with E-state index in [1.165, 1.54) is 0 Å². The Balaban J connectivity index is 3.02. The van der Waals surface area contributed by atoms with E-state index in [2.05, 4.69) is 37.8 Å². The van der Waals surface area contributed by atoms with Crippen molar-refractivity contribution in [3.8, 4) is 0 Å². The molecule has 0 unspecified atom stereocenters. The van der Waals surface area contributed by atoms with Gasteiger partial charge in [-0.05, 0) is 6.92 Å². The van der Waals surface area contributed by atoms with Gasteiger partial charge in [-0.3, -0.25) is 0 Å². The van der Waals surface area contributed by atoms with E-state index in [1.807, 2.05) is 4.68 Å². The Bertz CT molecular complexity index is 232. The highest BCUT2D eigenvalue weighted by Gasteiger charge is 2.19. The molecular formula is C8H15N3. The van der Waals surface area contributed by atoms with Crippen LogP contribution in [0.4, 0.5) is 0 Å². The maximum absolute atomic E-state index is 4.21. The fourth-order valence-electron chi connectivity index (χ4n) is 1.08. The van der Waals surface area contributed by atoms with E-state index in [4.69, 9.17) is 0 Å². The molecule has 1 aromatic rings. The smallest absolute Gasteiger partial charge is 0.138 e. The van der Waals surface area contributed by atoms with Gasteiger partial charge < -0.3 is 0 Å². The van der Waals surface area contributed by atoms with Crippen LogP contribution >= 0.6 is 0 Å². The van der Waals surface area contributed by atoms with Gasteiger partial charge in [0.05, 0.1) is 0 Å². The first-order valence-corrected chi connectivity index (χ1v) is 3.94. The van der Waals surface area contributed by atoms with Crippen molar-refractivity contribution < 1.29 is 0 Å². The monoisotopic (exact) mass is 153 g/mol. The van der Waals surface area contributed by atoms with Gasteiger partial charge >= 0.3 is 0 Å². The van der Waals surface area contributed by atoms with E-state index in [1.54, 1.807) is 6.33 Å². The molecule has 0 N–H and O–H groups in total. The Labute approximate surface area is 67.4 Å². The molecule has 11 heavy (non-hydrogen) atoms. The van der Waals surface area contributed by atoms with Crippen LogP contribution in [-0.4, -0.2) is 14.8 Å². The lowest BCUT2D eigenvalue weighted by molar-refractivity contribution is 0.483. The summed E-state index contributed by atoms with van der Waals surface area (Å²) in [4.78, 5) is 4.21. The van der Waals surface area contributed by atoms with Crippen LogP contribution < -0.4 is 0 Å². The standard InChI is InChI=1S/C8H15N3/c1-5-11-7(8(2,3)4)9-6-10-11/h6H,5H2,1-4H3. The van der Waals surface area contributed by atoms with Gasteiger partial charge in [0.25, 0.3) is 0 Å².